The van der Waals surface area contributed by atoms with Crippen LogP contribution in [0.1, 0.15) is 30.4 Å². The maximum atomic E-state index is 12.5. The van der Waals surface area contributed by atoms with Crippen LogP contribution >= 0.6 is 0 Å². The topological polar surface area (TPSA) is 38.3 Å². The molecule has 0 unspecified atom stereocenters. The number of benzene rings is 2. The normalized spacial score (nSPS) is 11.8. The van der Waals surface area contributed by atoms with Gasteiger partial charge in [0.1, 0.15) is 5.75 Å². The third-order valence-corrected chi connectivity index (χ3v) is 3.62. The van der Waals surface area contributed by atoms with Gasteiger partial charge in [0, 0.05) is 5.69 Å². The van der Waals surface area contributed by atoms with Crippen LogP contribution in [-0.2, 0) is 4.79 Å². The minimum absolute atomic E-state index is 0.0250. The molecular weight excluding hydrogens is 262 g/mol. The highest BCUT2D eigenvalue weighted by atomic mass is 16.5. The number of carbonyl (C=O) groups is 1. The molecule has 110 valence electrons. The molecule has 2 rings (SSSR count). The van der Waals surface area contributed by atoms with E-state index in [2.05, 4.69) is 5.32 Å². The molecule has 0 saturated heterocycles. The maximum absolute atomic E-state index is 12.5. The molecule has 0 aliphatic heterocycles. The van der Waals surface area contributed by atoms with Gasteiger partial charge in [0.15, 0.2) is 0 Å². The summed E-state index contributed by atoms with van der Waals surface area (Å²) in [6, 6.07) is 15.5. The summed E-state index contributed by atoms with van der Waals surface area (Å²) >= 11 is 0. The first-order chi connectivity index (χ1) is 10.2. The second kappa shape index (κ2) is 6.93. The van der Waals surface area contributed by atoms with Crippen molar-refractivity contribution in [3.05, 3.63) is 59.7 Å². The molecule has 0 aliphatic rings. The Bertz CT molecular complexity index is 608. The van der Waals surface area contributed by atoms with Gasteiger partial charge < -0.3 is 10.1 Å². The summed E-state index contributed by atoms with van der Waals surface area (Å²) in [7, 11) is 1.63. The number of nitrogens with one attached hydrogen (secondary N) is 1. The van der Waals surface area contributed by atoms with Gasteiger partial charge in [0.2, 0.25) is 5.91 Å². The van der Waals surface area contributed by atoms with Crippen molar-refractivity contribution in [3.8, 4) is 5.75 Å². The molecule has 2 aromatic carbocycles. The third kappa shape index (κ3) is 3.63. The Balaban J connectivity index is 2.16. The fourth-order valence-electron chi connectivity index (χ4n) is 2.38. The molecule has 1 N–H and O–H groups in total. The number of hydrogen-bond donors (Lipinski definition) is 1. The Morgan fingerprint density at radius 2 is 1.90 bits per heavy atom. The molecule has 0 bridgehead atoms. The number of hydrogen-bond acceptors (Lipinski definition) is 2. The molecule has 3 nitrogen and oxygen atoms in total. The molecule has 1 atom stereocenters. The van der Waals surface area contributed by atoms with E-state index in [-0.39, 0.29) is 11.8 Å². The fraction of sp³-hybridized carbons (Fsp3) is 0.278. The van der Waals surface area contributed by atoms with Crippen molar-refractivity contribution in [2.24, 2.45) is 0 Å². The quantitative estimate of drug-likeness (QED) is 0.895. The van der Waals surface area contributed by atoms with Gasteiger partial charge in [-0.25, -0.2) is 0 Å². The Morgan fingerprint density at radius 3 is 2.48 bits per heavy atom. The van der Waals surface area contributed by atoms with Gasteiger partial charge in [-0.1, -0.05) is 37.3 Å². The molecule has 1 amide bonds. The van der Waals surface area contributed by atoms with E-state index in [1.807, 2.05) is 62.4 Å². The van der Waals surface area contributed by atoms with Crippen molar-refractivity contribution in [1.29, 1.82) is 0 Å². The summed E-state index contributed by atoms with van der Waals surface area (Å²) < 4.78 is 5.18. The largest absolute Gasteiger partial charge is 0.497 e. The van der Waals surface area contributed by atoms with Crippen molar-refractivity contribution in [2.75, 3.05) is 12.4 Å². The Hall–Kier alpha value is -2.29. The summed E-state index contributed by atoms with van der Waals surface area (Å²) in [5.74, 6) is 0.685. The number of rotatable bonds is 5. The van der Waals surface area contributed by atoms with Gasteiger partial charge in [-0.15, -0.1) is 0 Å². The molecule has 3 heteroatoms. The predicted molar refractivity (Wildman–Crippen MR) is 85.8 cm³/mol. The van der Waals surface area contributed by atoms with Crippen LogP contribution in [0.15, 0.2) is 48.5 Å². The van der Waals surface area contributed by atoms with Gasteiger partial charge in [-0.2, -0.15) is 0 Å². The van der Waals surface area contributed by atoms with E-state index in [0.717, 1.165) is 29.0 Å². The third-order valence-electron chi connectivity index (χ3n) is 3.62. The summed E-state index contributed by atoms with van der Waals surface area (Å²) in [5, 5.41) is 3.02. The average Bonchev–Trinajstić information content (AvgIpc) is 2.51. The molecule has 0 spiro atoms. The van der Waals surface area contributed by atoms with Crippen LogP contribution in [0.2, 0.25) is 0 Å². The molecule has 2 aromatic rings. The highest BCUT2D eigenvalue weighted by Gasteiger charge is 2.19. The summed E-state index contributed by atoms with van der Waals surface area (Å²) in [6.07, 6.45) is 0.769. The van der Waals surface area contributed by atoms with E-state index < -0.39 is 0 Å². The van der Waals surface area contributed by atoms with Gasteiger partial charge in [0.25, 0.3) is 0 Å². The van der Waals surface area contributed by atoms with Crippen molar-refractivity contribution >= 4 is 11.6 Å². The first-order valence-corrected chi connectivity index (χ1v) is 7.16. The van der Waals surface area contributed by atoms with Crippen LogP contribution in [0.4, 0.5) is 5.69 Å². The zero-order chi connectivity index (χ0) is 15.2. The monoisotopic (exact) mass is 283 g/mol. The number of aryl methyl sites for hydroxylation is 1. The van der Waals surface area contributed by atoms with Crippen molar-refractivity contribution < 1.29 is 9.53 Å². The van der Waals surface area contributed by atoms with Crippen molar-refractivity contribution in [3.63, 3.8) is 0 Å². The van der Waals surface area contributed by atoms with Gasteiger partial charge in [0.05, 0.1) is 13.0 Å². The first kappa shape index (κ1) is 15.1. The van der Waals surface area contributed by atoms with Crippen LogP contribution in [0.3, 0.4) is 0 Å². The molecule has 0 aliphatic carbocycles. The summed E-state index contributed by atoms with van der Waals surface area (Å²) in [5.41, 5.74) is 2.87. The predicted octanol–water partition coefficient (Wildman–Crippen LogP) is 4.14. The number of carbonyl (C=O) groups excluding carboxylic acids is 1. The number of anilines is 1. The molecule has 0 radical (unpaired) electrons. The van der Waals surface area contributed by atoms with Crippen LogP contribution in [0.25, 0.3) is 0 Å². The van der Waals surface area contributed by atoms with Crippen LogP contribution in [0.5, 0.6) is 5.75 Å². The lowest BCUT2D eigenvalue weighted by atomic mass is 9.95. The van der Waals surface area contributed by atoms with E-state index in [1.165, 1.54) is 0 Å². The second-order valence-corrected chi connectivity index (χ2v) is 5.04. The Kier molecular flexibility index (Phi) is 4.99. The summed E-state index contributed by atoms with van der Waals surface area (Å²) in [4.78, 5) is 12.5. The van der Waals surface area contributed by atoms with E-state index >= 15 is 0 Å². The molecule has 0 aromatic heterocycles. The standard InChI is InChI=1S/C18H21NO2/c1-4-16(14-8-6-5-7-9-14)18(20)19-17-11-10-15(21-3)12-13(17)2/h5-12,16H,4H2,1-3H3,(H,19,20)/t16-/m0/s1. The number of ether oxygens (including phenoxy) is 1. The lowest BCUT2D eigenvalue weighted by molar-refractivity contribution is -0.117. The Labute approximate surface area is 126 Å². The van der Waals surface area contributed by atoms with Gasteiger partial charge >= 0.3 is 0 Å². The molecule has 0 heterocycles. The van der Waals surface area contributed by atoms with Crippen LogP contribution < -0.4 is 10.1 Å². The molecule has 0 saturated carbocycles. The maximum Gasteiger partial charge on any atom is 0.231 e. The smallest absolute Gasteiger partial charge is 0.231 e. The van der Waals surface area contributed by atoms with Gasteiger partial charge in [-0.3, -0.25) is 4.79 Å². The zero-order valence-electron chi connectivity index (χ0n) is 12.7. The number of amides is 1. The van der Waals surface area contributed by atoms with Crippen molar-refractivity contribution in [2.45, 2.75) is 26.2 Å². The highest BCUT2D eigenvalue weighted by molar-refractivity contribution is 5.96. The van der Waals surface area contributed by atoms with Gasteiger partial charge in [-0.05, 0) is 42.7 Å². The summed E-state index contributed by atoms with van der Waals surface area (Å²) in [6.45, 7) is 3.99. The van der Waals surface area contributed by atoms with Crippen LogP contribution in [-0.4, -0.2) is 13.0 Å². The molecular formula is C18H21NO2. The Morgan fingerprint density at radius 1 is 1.19 bits per heavy atom. The minimum Gasteiger partial charge on any atom is -0.497 e. The van der Waals surface area contributed by atoms with E-state index in [1.54, 1.807) is 7.11 Å². The number of methoxy groups -OCH3 is 1. The van der Waals surface area contributed by atoms with E-state index in [9.17, 15) is 4.79 Å². The van der Waals surface area contributed by atoms with E-state index in [4.69, 9.17) is 4.74 Å². The molecule has 21 heavy (non-hydrogen) atoms. The van der Waals surface area contributed by atoms with Crippen LogP contribution in [0, 0.1) is 6.92 Å². The highest BCUT2D eigenvalue weighted by Crippen LogP contribution is 2.25. The SMILES string of the molecule is CC[C@H](C(=O)Nc1ccc(OC)cc1C)c1ccccc1. The second-order valence-electron chi connectivity index (χ2n) is 5.04. The molecule has 0 fully saturated rings. The average molecular weight is 283 g/mol. The van der Waals surface area contributed by atoms with E-state index in [0.29, 0.717) is 0 Å². The first-order valence-electron chi connectivity index (χ1n) is 7.16. The van der Waals surface area contributed by atoms with Crippen molar-refractivity contribution in [1.82, 2.24) is 0 Å². The fourth-order valence-corrected chi connectivity index (χ4v) is 2.38. The zero-order valence-corrected chi connectivity index (χ0v) is 12.7. The minimum atomic E-state index is -0.132. The lowest BCUT2D eigenvalue weighted by Gasteiger charge is -2.17. The lowest BCUT2D eigenvalue weighted by Crippen LogP contribution is -2.21.